The summed E-state index contributed by atoms with van der Waals surface area (Å²) in [6, 6.07) is 0.176. The Bertz CT molecular complexity index is 550. The first kappa shape index (κ1) is 10.0. The highest BCUT2D eigenvalue weighted by Gasteiger charge is 2.20. The Hall–Kier alpha value is -2.18. The van der Waals surface area contributed by atoms with Gasteiger partial charge in [-0.25, -0.2) is 15.0 Å². The number of fused-ring (bicyclic) bond motifs is 1. The molecule has 1 fully saturated rings. The van der Waals surface area contributed by atoms with Crippen molar-refractivity contribution in [2.24, 2.45) is 0 Å². The van der Waals surface area contributed by atoms with Crippen molar-refractivity contribution in [1.82, 2.24) is 25.3 Å². The molecule has 1 aliphatic heterocycles. The highest BCUT2D eigenvalue weighted by molar-refractivity contribution is 5.82. The van der Waals surface area contributed by atoms with E-state index >= 15 is 0 Å². The number of imidazole rings is 1. The second-order valence-corrected chi connectivity index (χ2v) is 4.01. The molecule has 1 unspecified atom stereocenters. The van der Waals surface area contributed by atoms with E-state index in [-0.39, 0.29) is 11.9 Å². The van der Waals surface area contributed by atoms with Gasteiger partial charge < -0.3 is 15.6 Å². The predicted molar refractivity (Wildman–Crippen MR) is 61.3 cm³/mol. The molecule has 0 aromatic carbocycles. The first-order valence-corrected chi connectivity index (χ1v) is 5.50. The maximum Gasteiger partial charge on any atom is 0.220 e. The van der Waals surface area contributed by atoms with Gasteiger partial charge in [0.15, 0.2) is 11.5 Å². The topological polar surface area (TPSA) is 95.6 Å². The van der Waals surface area contributed by atoms with Gasteiger partial charge in [0.25, 0.3) is 0 Å². The number of aromatic nitrogens is 4. The molecule has 0 radical (unpaired) electrons. The van der Waals surface area contributed by atoms with Crippen LogP contribution in [0.25, 0.3) is 11.2 Å². The number of nitrogens with zero attached hydrogens (tertiary/aromatic N) is 3. The largest absolute Gasteiger partial charge is 0.366 e. The zero-order valence-electron chi connectivity index (χ0n) is 9.10. The van der Waals surface area contributed by atoms with Crippen LogP contribution in [-0.4, -0.2) is 38.4 Å². The number of anilines is 1. The molecular formula is C10H12N6O. The number of hydrogen-bond donors (Lipinski definition) is 3. The third-order valence-electron chi connectivity index (χ3n) is 2.82. The van der Waals surface area contributed by atoms with E-state index in [2.05, 4.69) is 30.6 Å². The fourth-order valence-electron chi connectivity index (χ4n) is 1.95. The molecule has 3 N–H and O–H groups in total. The summed E-state index contributed by atoms with van der Waals surface area (Å²) in [6.07, 6.45) is 4.53. The molecular weight excluding hydrogens is 220 g/mol. The van der Waals surface area contributed by atoms with E-state index in [9.17, 15) is 4.79 Å². The Labute approximate surface area is 97.1 Å². The van der Waals surface area contributed by atoms with E-state index in [4.69, 9.17) is 0 Å². The van der Waals surface area contributed by atoms with Crippen molar-refractivity contribution < 1.29 is 4.79 Å². The second-order valence-electron chi connectivity index (χ2n) is 4.01. The maximum absolute atomic E-state index is 11.1. The monoisotopic (exact) mass is 232 g/mol. The molecule has 1 saturated heterocycles. The maximum atomic E-state index is 11.1. The van der Waals surface area contributed by atoms with E-state index in [0.717, 1.165) is 11.9 Å². The third kappa shape index (κ3) is 1.91. The minimum absolute atomic E-state index is 0.117. The van der Waals surface area contributed by atoms with Crippen LogP contribution >= 0.6 is 0 Å². The summed E-state index contributed by atoms with van der Waals surface area (Å²) in [5.41, 5.74) is 1.43. The number of aromatic amines is 1. The number of amides is 1. The lowest BCUT2D eigenvalue weighted by Gasteiger charge is -2.11. The molecule has 17 heavy (non-hydrogen) atoms. The summed E-state index contributed by atoms with van der Waals surface area (Å²) in [6.45, 7) is 0.664. The van der Waals surface area contributed by atoms with Gasteiger partial charge in [-0.3, -0.25) is 4.79 Å². The van der Waals surface area contributed by atoms with Crippen molar-refractivity contribution in [3.8, 4) is 0 Å². The molecule has 2 aromatic rings. The molecule has 0 aliphatic carbocycles. The zero-order valence-corrected chi connectivity index (χ0v) is 9.10. The van der Waals surface area contributed by atoms with Gasteiger partial charge in [0, 0.05) is 19.0 Å². The number of carbonyl (C=O) groups is 1. The standard InChI is InChI=1S/C10H12N6O/c17-7-2-1-6(16-7)3-11-9-8-10(13-4-12-8)15-5-14-9/h4-6H,1-3H2,(H,16,17)(H2,11,12,13,14,15). The Balaban J connectivity index is 1.72. The molecule has 7 heteroatoms. The van der Waals surface area contributed by atoms with E-state index < -0.39 is 0 Å². The Kier molecular flexibility index (Phi) is 2.36. The number of carbonyl (C=O) groups excluding carboxylic acids is 1. The molecule has 1 amide bonds. The molecule has 3 heterocycles. The molecule has 7 nitrogen and oxygen atoms in total. The summed E-state index contributed by atoms with van der Waals surface area (Å²) >= 11 is 0. The van der Waals surface area contributed by atoms with Crippen LogP contribution in [0.5, 0.6) is 0 Å². The van der Waals surface area contributed by atoms with Gasteiger partial charge in [-0.2, -0.15) is 0 Å². The van der Waals surface area contributed by atoms with Crippen LogP contribution in [0, 0.1) is 0 Å². The Morgan fingerprint density at radius 3 is 3.18 bits per heavy atom. The first-order chi connectivity index (χ1) is 8.33. The third-order valence-corrected chi connectivity index (χ3v) is 2.82. The predicted octanol–water partition coefficient (Wildman–Crippen LogP) is 0.0434. The number of H-pyrrole nitrogens is 1. The first-order valence-electron chi connectivity index (χ1n) is 5.50. The molecule has 1 atom stereocenters. The average Bonchev–Trinajstić information content (AvgIpc) is 2.94. The van der Waals surface area contributed by atoms with E-state index in [1.165, 1.54) is 6.33 Å². The number of rotatable bonds is 3. The fourth-order valence-corrected chi connectivity index (χ4v) is 1.95. The quantitative estimate of drug-likeness (QED) is 0.694. The van der Waals surface area contributed by atoms with Gasteiger partial charge in [-0.05, 0) is 6.42 Å². The van der Waals surface area contributed by atoms with Crippen LogP contribution in [0.2, 0.25) is 0 Å². The van der Waals surface area contributed by atoms with Crippen molar-refractivity contribution in [2.75, 3.05) is 11.9 Å². The normalized spacial score (nSPS) is 19.5. The van der Waals surface area contributed by atoms with E-state index in [1.54, 1.807) is 6.33 Å². The summed E-state index contributed by atoms with van der Waals surface area (Å²) in [5, 5.41) is 6.09. The highest BCUT2D eigenvalue weighted by atomic mass is 16.1. The van der Waals surface area contributed by atoms with Crippen molar-refractivity contribution in [1.29, 1.82) is 0 Å². The highest BCUT2D eigenvalue weighted by Crippen LogP contribution is 2.15. The van der Waals surface area contributed by atoms with Crippen molar-refractivity contribution in [3.05, 3.63) is 12.7 Å². The van der Waals surface area contributed by atoms with Gasteiger partial charge in [0.1, 0.15) is 11.8 Å². The number of hydrogen-bond acceptors (Lipinski definition) is 5. The molecule has 88 valence electrons. The number of nitrogens with one attached hydrogen (secondary N) is 3. The van der Waals surface area contributed by atoms with E-state index in [0.29, 0.717) is 24.4 Å². The van der Waals surface area contributed by atoms with Gasteiger partial charge >= 0.3 is 0 Å². The average molecular weight is 232 g/mol. The lowest BCUT2D eigenvalue weighted by Crippen LogP contribution is -2.32. The van der Waals surface area contributed by atoms with Crippen LogP contribution in [-0.2, 0) is 4.79 Å². The van der Waals surface area contributed by atoms with Gasteiger partial charge in [-0.15, -0.1) is 0 Å². The van der Waals surface area contributed by atoms with Crippen LogP contribution < -0.4 is 10.6 Å². The Morgan fingerprint density at radius 2 is 2.35 bits per heavy atom. The van der Waals surface area contributed by atoms with Crippen LogP contribution in [0.3, 0.4) is 0 Å². The lowest BCUT2D eigenvalue weighted by atomic mass is 10.2. The lowest BCUT2D eigenvalue weighted by molar-refractivity contribution is -0.119. The molecule has 2 aromatic heterocycles. The summed E-state index contributed by atoms with van der Waals surface area (Å²) in [4.78, 5) is 26.3. The molecule has 1 aliphatic rings. The van der Waals surface area contributed by atoms with Gasteiger partial charge in [-0.1, -0.05) is 0 Å². The SMILES string of the molecule is O=C1CCC(CNc2ncnc3nc[nH]c23)N1. The second kappa shape index (κ2) is 4.00. The van der Waals surface area contributed by atoms with Crippen LogP contribution in [0.15, 0.2) is 12.7 Å². The van der Waals surface area contributed by atoms with Gasteiger partial charge in [0.2, 0.25) is 5.91 Å². The van der Waals surface area contributed by atoms with Crippen molar-refractivity contribution in [2.45, 2.75) is 18.9 Å². The molecule has 0 saturated carbocycles. The van der Waals surface area contributed by atoms with Crippen LogP contribution in [0.4, 0.5) is 5.82 Å². The fraction of sp³-hybridized carbons (Fsp3) is 0.400. The molecule has 0 bridgehead atoms. The van der Waals surface area contributed by atoms with Crippen molar-refractivity contribution >= 4 is 22.9 Å². The van der Waals surface area contributed by atoms with Gasteiger partial charge in [0.05, 0.1) is 6.33 Å². The smallest absolute Gasteiger partial charge is 0.220 e. The minimum atomic E-state index is 0.117. The van der Waals surface area contributed by atoms with Crippen LogP contribution in [0.1, 0.15) is 12.8 Å². The molecule has 3 rings (SSSR count). The zero-order chi connectivity index (χ0) is 11.7. The Morgan fingerprint density at radius 1 is 1.41 bits per heavy atom. The summed E-state index contributed by atoms with van der Waals surface area (Å²) in [5.74, 6) is 0.833. The summed E-state index contributed by atoms with van der Waals surface area (Å²) in [7, 11) is 0. The van der Waals surface area contributed by atoms with E-state index in [1.807, 2.05) is 0 Å². The minimum Gasteiger partial charge on any atom is -0.366 e. The molecule has 0 spiro atoms. The summed E-state index contributed by atoms with van der Waals surface area (Å²) < 4.78 is 0. The van der Waals surface area contributed by atoms with Crippen molar-refractivity contribution in [3.63, 3.8) is 0 Å².